The second kappa shape index (κ2) is 5.14. The number of hydrogen-bond acceptors (Lipinski definition) is 2. The van der Waals surface area contributed by atoms with E-state index in [-0.39, 0.29) is 0 Å². The molecule has 0 saturated carbocycles. The van der Waals surface area contributed by atoms with E-state index in [2.05, 4.69) is 53.6 Å². The molecule has 1 saturated heterocycles. The van der Waals surface area contributed by atoms with Gasteiger partial charge >= 0.3 is 0 Å². The molecule has 0 atom stereocenters. The third kappa shape index (κ3) is 2.70. The fraction of sp³-hybridized carbons (Fsp3) is 0.385. The Morgan fingerprint density at radius 3 is 2.80 bits per heavy atom. The van der Waals surface area contributed by atoms with Crippen molar-refractivity contribution in [3.63, 3.8) is 0 Å². The lowest BCUT2D eigenvalue weighted by molar-refractivity contribution is 0.949. The second-order valence-corrected chi connectivity index (χ2v) is 4.02. The van der Waals surface area contributed by atoms with Gasteiger partial charge in [-0.25, -0.2) is 0 Å². The predicted molar refractivity (Wildman–Crippen MR) is 68.6 cm³/mol. The Morgan fingerprint density at radius 2 is 2.07 bits per heavy atom. The molecule has 0 bridgehead atoms. The van der Waals surface area contributed by atoms with Gasteiger partial charge in [0.1, 0.15) is 0 Å². The summed E-state index contributed by atoms with van der Waals surface area (Å²) in [5.74, 6) is 6.70. The number of nitrogens with zero attached hydrogens (tertiary/aromatic N) is 1. The number of thiol groups is 1. The fourth-order valence-electron chi connectivity index (χ4n) is 1.90. The van der Waals surface area contributed by atoms with Gasteiger partial charge in [-0.2, -0.15) is 12.6 Å². The standard InChI is InChI=1S/C13H15NS/c15-10-4-6-12-5-3-7-13(11-12)14-8-1-2-9-14/h3,5,7,11,15H,1-2,8-10H2. The van der Waals surface area contributed by atoms with Gasteiger partial charge in [0.2, 0.25) is 0 Å². The summed E-state index contributed by atoms with van der Waals surface area (Å²) in [6.07, 6.45) is 2.62. The monoisotopic (exact) mass is 217 g/mol. The molecule has 1 aliphatic heterocycles. The highest BCUT2D eigenvalue weighted by Gasteiger charge is 2.11. The lowest BCUT2D eigenvalue weighted by Gasteiger charge is -2.17. The van der Waals surface area contributed by atoms with E-state index < -0.39 is 0 Å². The topological polar surface area (TPSA) is 3.24 Å². The molecule has 1 aromatic rings. The maximum absolute atomic E-state index is 4.08. The van der Waals surface area contributed by atoms with Gasteiger partial charge in [-0.05, 0) is 31.0 Å². The molecule has 0 unspecified atom stereocenters. The van der Waals surface area contributed by atoms with Crippen LogP contribution < -0.4 is 4.90 Å². The number of benzene rings is 1. The van der Waals surface area contributed by atoms with E-state index in [1.165, 1.54) is 31.6 Å². The Kier molecular flexibility index (Phi) is 3.58. The summed E-state index contributed by atoms with van der Waals surface area (Å²) in [6.45, 7) is 2.37. The third-order valence-electron chi connectivity index (χ3n) is 2.63. The first-order chi connectivity index (χ1) is 7.40. The first kappa shape index (κ1) is 10.4. The van der Waals surface area contributed by atoms with Crippen molar-refractivity contribution < 1.29 is 0 Å². The van der Waals surface area contributed by atoms with Gasteiger partial charge in [0, 0.05) is 24.3 Å². The van der Waals surface area contributed by atoms with Crippen LogP contribution in [0.1, 0.15) is 18.4 Å². The molecule has 78 valence electrons. The molecule has 0 radical (unpaired) electrons. The zero-order valence-corrected chi connectivity index (χ0v) is 9.63. The molecule has 1 aromatic carbocycles. The second-order valence-electron chi connectivity index (χ2n) is 3.70. The first-order valence-electron chi connectivity index (χ1n) is 5.35. The molecule has 0 N–H and O–H groups in total. The van der Waals surface area contributed by atoms with Crippen LogP contribution in [0.5, 0.6) is 0 Å². The van der Waals surface area contributed by atoms with Gasteiger partial charge in [-0.15, -0.1) is 0 Å². The molecule has 2 rings (SSSR count). The minimum Gasteiger partial charge on any atom is -0.371 e. The van der Waals surface area contributed by atoms with Gasteiger partial charge in [0.25, 0.3) is 0 Å². The molecule has 1 fully saturated rings. The SMILES string of the molecule is SCC#Cc1cccc(N2CCCC2)c1. The highest BCUT2D eigenvalue weighted by Crippen LogP contribution is 2.20. The zero-order chi connectivity index (χ0) is 10.5. The van der Waals surface area contributed by atoms with Crippen LogP contribution in [0.2, 0.25) is 0 Å². The average Bonchev–Trinajstić information content (AvgIpc) is 2.80. The molecule has 0 aliphatic carbocycles. The van der Waals surface area contributed by atoms with Crippen LogP contribution in [0.3, 0.4) is 0 Å². The number of rotatable bonds is 1. The minimum atomic E-state index is 0.619. The van der Waals surface area contributed by atoms with E-state index in [1.54, 1.807) is 0 Å². The molecule has 0 aromatic heterocycles. The normalized spacial score (nSPS) is 14.9. The summed E-state index contributed by atoms with van der Waals surface area (Å²) in [6, 6.07) is 8.46. The highest BCUT2D eigenvalue weighted by atomic mass is 32.1. The van der Waals surface area contributed by atoms with Crippen molar-refractivity contribution in [1.82, 2.24) is 0 Å². The van der Waals surface area contributed by atoms with E-state index in [0.29, 0.717) is 5.75 Å². The largest absolute Gasteiger partial charge is 0.371 e. The van der Waals surface area contributed by atoms with Crippen LogP contribution in [-0.4, -0.2) is 18.8 Å². The zero-order valence-electron chi connectivity index (χ0n) is 8.74. The van der Waals surface area contributed by atoms with Crippen LogP contribution in [0.15, 0.2) is 24.3 Å². The fourth-order valence-corrected chi connectivity index (χ4v) is 1.98. The molecular weight excluding hydrogens is 202 g/mol. The summed E-state index contributed by atoms with van der Waals surface area (Å²) in [7, 11) is 0. The molecular formula is C13H15NS. The van der Waals surface area contributed by atoms with Crippen molar-refractivity contribution >= 4 is 18.3 Å². The van der Waals surface area contributed by atoms with Gasteiger partial charge < -0.3 is 4.90 Å². The maximum atomic E-state index is 4.08. The van der Waals surface area contributed by atoms with E-state index in [4.69, 9.17) is 0 Å². The molecule has 15 heavy (non-hydrogen) atoms. The van der Waals surface area contributed by atoms with Crippen molar-refractivity contribution in [2.24, 2.45) is 0 Å². The Balaban J connectivity index is 2.18. The highest BCUT2D eigenvalue weighted by molar-refractivity contribution is 7.80. The van der Waals surface area contributed by atoms with Crippen LogP contribution in [0.4, 0.5) is 5.69 Å². The van der Waals surface area contributed by atoms with Gasteiger partial charge in [0.15, 0.2) is 0 Å². The molecule has 0 amide bonds. The average molecular weight is 217 g/mol. The van der Waals surface area contributed by atoms with Gasteiger partial charge in [0.05, 0.1) is 5.75 Å². The van der Waals surface area contributed by atoms with Crippen LogP contribution in [0, 0.1) is 11.8 Å². The summed E-state index contributed by atoms with van der Waals surface area (Å²) < 4.78 is 0. The van der Waals surface area contributed by atoms with Gasteiger partial charge in [-0.3, -0.25) is 0 Å². The molecule has 1 nitrogen and oxygen atoms in total. The molecule has 1 aliphatic rings. The van der Waals surface area contributed by atoms with Crippen molar-refractivity contribution in [1.29, 1.82) is 0 Å². The molecule has 1 heterocycles. The van der Waals surface area contributed by atoms with E-state index >= 15 is 0 Å². The molecule has 2 heteroatoms. The first-order valence-corrected chi connectivity index (χ1v) is 5.98. The Morgan fingerprint density at radius 1 is 1.27 bits per heavy atom. The lowest BCUT2D eigenvalue weighted by atomic mass is 10.2. The van der Waals surface area contributed by atoms with Crippen molar-refractivity contribution in [2.75, 3.05) is 23.7 Å². The summed E-state index contributed by atoms with van der Waals surface area (Å²) in [4.78, 5) is 2.42. The number of anilines is 1. The molecule has 0 spiro atoms. The minimum absolute atomic E-state index is 0.619. The van der Waals surface area contributed by atoms with Crippen molar-refractivity contribution in [2.45, 2.75) is 12.8 Å². The Hall–Kier alpha value is -1.07. The quantitative estimate of drug-likeness (QED) is 0.559. The van der Waals surface area contributed by atoms with Crippen molar-refractivity contribution in [3.8, 4) is 11.8 Å². The van der Waals surface area contributed by atoms with E-state index in [1.807, 2.05) is 0 Å². The smallest absolute Gasteiger partial charge is 0.0521 e. The Bertz CT molecular complexity index is 383. The summed E-state index contributed by atoms with van der Waals surface area (Å²) in [5, 5.41) is 0. The van der Waals surface area contributed by atoms with E-state index in [9.17, 15) is 0 Å². The van der Waals surface area contributed by atoms with Crippen molar-refractivity contribution in [3.05, 3.63) is 29.8 Å². The van der Waals surface area contributed by atoms with Gasteiger partial charge in [-0.1, -0.05) is 17.9 Å². The summed E-state index contributed by atoms with van der Waals surface area (Å²) >= 11 is 4.08. The van der Waals surface area contributed by atoms with Crippen LogP contribution in [0.25, 0.3) is 0 Å². The van der Waals surface area contributed by atoms with Crippen LogP contribution in [-0.2, 0) is 0 Å². The van der Waals surface area contributed by atoms with Crippen LogP contribution >= 0.6 is 12.6 Å². The predicted octanol–water partition coefficient (Wildman–Crippen LogP) is 2.57. The van der Waals surface area contributed by atoms with E-state index in [0.717, 1.165) is 5.56 Å². The summed E-state index contributed by atoms with van der Waals surface area (Å²) in [5.41, 5.74) is 2.40. The third-order valence-corrected chi connectivity index (χ3v) is 2.79. The maximum Gasteiger partial charge on any atom is 0.0521 e. The Labute approximate surface area is 96.9 Å². The lowest BCUT2D eigenvalue weighted by Crippen LogP contribution is -2.17. The number of hydrogen-bond donors (Lipinski definition) is 1.